The minimum absolute atomic E-state index is 0.133. The molecule has 0 bridgehead atoms. The third-order valence-electron chi connectivity index (χ3n) is 2.58. The van der Waals surface area contributed by atoms with Crippen LogP contribution in [0.15, 0.2) is 11.2 Å². The molecule has 0 radical (unpaired) electrons. The molecule has 0 aliphatic heterocycles. The van der Waals surface area contributed by atoms with Gasteiger partial charge >= 0.3 is 0 Å². The van der Waals surface area contributed by atoms with Crippen LogP contribution < -0.4 is 0 Å². The van der Waals surface area contributed by atoms with Crippen molar-refractivity contribution >= 4 is 26.0 Å². The lowest BCUT2D eigenvalue weighted by Gasteiger charge is -2.14. The predicted octanol–water partition coefficient (Wildman–Crippen LogP) is 1.62. The summed E-state index contributed by atoms with van der Waals surface area (Å²) < 4.78 is 27.5. The van der Waals surface area contributed by atoms with E-state index in [0.29, 0.717) is 6.54 Å². The van der Waals surface area contributed by atoms with Gasteiger partial charge in [-0.15, -0.1) is 0 Å². The Hall–Kier alpha value is -0.400. The molecule has 1 aromatic rings. The maximum Gasteiger partial charge on any atom is 0.261 e. The average Bonchev–Trinajstić information content (AvgIpc) is 2.67. The van der Waals surface area contributed by atoms with E-state index in [1.807, 2.05) is 11.5 Å². The van der Waals surface area contributed by atoms with Crippen molar-refractivity contribution in [2.45, 2.75) is 31.8 Å². The Bertz CT molecular complexity index is 470. The second-order valence-corrected chi connectivity index (χ2v) is 6.57. The monoisotopic (exact) mass is 323 g/mol. The molecule has 7 heteroatoms. The fourth-order valence-electron chi connectivity index (χ4n) is 1.49. The van der Waals surface area contributed by atoms with Crippen LogP contribution in [-0.4, -0.2) is 41.2 Å². The van der Waals surface area contributed by atoms with E-state index < -0.39 is 10.0 Å². The number of hydrogen-bond donors (Lipinski definition) is 0. The lowest BCUT2D eigenvalue weighted by molar-refractivity contribution is 0.467. The maximum absolute atomic E-state index is 12.2. The molecule has 0 unspecified atom stereocenters. The first kappa shape index (κ1) is 14.7. The first-order valence-corrected chi connectivity index (χ1v) is 8.05. The summed E-state index contributed by atoms with van der Waals surface area (Å²) in [5, 5.41) is 0.920. The smallest absolute Gasteiger partial charge is 0.261 e. The van der Waals surface area contributed by atoms with Crippen molar-refractivity contribution in [3.63, 3.8) is 0 Å². The first-order chi connectivity index (χ1) is 7.93. The molecule has 5 nitrogen and oxygen atoms in total. The molecule has 0 saturated heterocycles. The van der Waals surface area contributed by atoms with Crippen LogP contribution >= 0.6 is 15.9 Å². The molecule has 0 spiro atoms. The lowest BCUT2D eigenvalue weighted by atomic mass is 10.5. The van der Waals surface area contributed by atoms with Gasteiger partial charge in [0.1, 0.15) is 5.82 Å². The van der Waals surface area contributed by atoms with E-state index in [1.165, 1.54) is 4.31 Å². The summed E-state index contributed by atoms with van der Waals surface area (Å²) in [6, 6.07) is 0. The van der Waals surface area contributed by atoms with Crippen LogP contribution in [0, 0.1) is 6.92 Å². The summed E-state index contributed by atoms with van der Waals surface area (Å²) in [7, 11) is -1.86. The molecule has 0 aromatic carbocycles. The molecule has 0 atom stereocenters. The number of hydrogen-bond acceptors (Lipinski definition) is 3. The van der Waals surface area contributed by atoms with Crippen LogP contribution in [0.3, 0.4) is 0 Å². The topological polar surface area (TPSA) is 55.2 Å². The summed E-state index contributed by atoms with van der Waals surface area (Å²) in [6.07, 6.45) is 2.37. The van der Waals surface area contributed by atoms with Gasteiger partial charge in [0.05, 0.1) is 0 Å². The fourth-order valence-corrected chi connectivity index (χ4v) is 2.93. The number of nitrogens with zero attached hydrogens (tertiary/aromatic N) is 3. The maximum atomic E-state index is 12.2. The minimum Gasteiger partial charge on any atom is -0.334 e. The predicted molar refractivity (Wildman–Crippen MR) is 70.9 cm³/mol. The third-order valence-corrected chi connectivity index (χ3v) is 4.87. The Labute approximate surface area is 111 Å². The van der Waals surface area contributed by atoms with Gasteiger partial charge in [0, 0.05) is 31.7 Å². The molecule has 1 heterocycles. The average molecular weight is 324 g/mol. The Morgan fingerprint density at radius 2 is 2.18 bits per heavy atom. The summed E-state index contributed by atoms with van der Waals surface area (Å²) in [4.78, 5) is 4.10. The molecule has 17 heavy (non-hydrogen) atoms. The van der Waals surface area contributed by atoms with Gasteiger partial charge in [0.15, 0.2) is 5.03 Å². The molecule has 0 aliphatic carbocycles. The zero-order valence-corrected chi connectivity index (χ0v) is 12.8. The second-order valence-electron chi connectivity index (χ2n) is 3.78. The standard InChI is InChI=1S/C10H18BrN3O2S/c1-4-14-8-10(12-9(14)2)17(15,16)13(3)7-5-6-11/h8H,4-7H2,1-3H3. The van der Waals surface area contributed by atoms with Gasteiger partial charge in [-0.1, -0.05) is 15.9 Å². The van der Waals surface area contributed by atoms with E-state index in [-0.39, 0.29) is 5.03 Å². The quantitative estimate of drug-likeness (QED) is 0.747. The molecule has 0 saturated carbocycles. The van der Waals surface area contributed by atoms with Gasteiger partial charge in [-0.3, -0.25) is 0 Å². The number of halogens is 1. The van der Waals surface area contributed by atoms with Gasteiger partial charge < -0.3 is 4.57 Å². The normalized spacial score (nSPS) is 12.3. The van der Waals surface area contributed by atoms with Crippen molar-refractivity contribution in [1.82, 2.24) is 13.9 Å². The van der Waals surface area contributed by atoms with E-state index >= 15 is 0 Å². The van der Waals surface area contributed by atoms with Crippen LogP contribution in [0.5, 0.6) is 0 Å². The molecule has 1 aromatic heterocycles. The van der Waals surface area contributed by atoms with Crippen LogP contribution in [0.25, 0.3) is 0 Å². The largest absolute Gasteiger partial charge is 0.334 e. The van der Waals surface area contributed by atoms with E-state index in [2.05, 4.69) is 20.9 Å². The van der Waals surface area contributed by atoms with E-state index in [4.69, 9.17) is 0 Å². The van der Waals surface area contributed by atoms with Gasteiger partial charge in [-0.05, 0) is 20.3 Å². The van der Waals surface area contributed by atoms with Crippen molar-refractivity contribution in [1.29, 1.82) is 0 Å². The molecule has 0 fully saturated rings. The van der Waals surface area contributed by atoms with E-state index in [0.717, 1.165) is 24.1 Å². The van der Waals surface area contributed by atoms with E-state index in [1.54, 1.807) is 20.2 Å². The molecule has 1 rings (SSSR count). The first-order valence-electron chi connectivity index (χ1n) is 5.49. The van der Waals surface area contributed by atoms with Crippen molar-refractivity contribution in [2.24, 2.45) is 0 Å². The summed E-state index contributed by atoms with van der Waals surface area (Å²) >= 11 is 3.29. The van der Waals surface area contributed by atoms with Crippen LogP contribution in [0.4, 0.5) is 0 Å². The Morgan fingerprint density at radius 1 is 1.53 bits per heavy atom. The second kappa shape index (κ2) is 5.97. The molecule has 0 amide bonds. The summed E-state index contributed by atoms with van der Waals surface area (Å²) in [5.74, 6) is 0.722. The molecular weight excluding hydrogens is 306 g/mol. The van der Waals surface area contributed by atoms with Crippen molar-refractivity contribution in [3.05, 3.63) is 12.0 Å². The molecule has 98 valence electrons. The summed E-state index contributed by atoms with van der Waals surface area (Å²) in [6.45, 7) is 4.98. The Morgan fingerprint density at radius 3 is 2.65 bits per heavy atom. The molecule has 0 aliphatic rings. The highest BCUT2D eigenvalue weighted by atomic mass is 79.9. The third kappa shape index (κ3) is 3.29. The number of imidazole rings is 1. The highest BCUT2D eigenvalue weighted by Gasteiger charge is 2.23. The highest BCUT2D eigenvalue weighted by molar-refractivity contribution is 9.09. The van der Waals surface area contributed by atoms with Crippen molar-refractivity contribution < 1.29 is 8.42 Å². The summed E-state index contributed by atoms with van der Waals surface area (Å²) in [5.41, 5.74) is 0. The Kier molecular flexibility index (Phi) is 5.15. The van der Waals surface area contributed by atoms with Gasteiger partial charge in [-0.2, -0.15) is 4.31 Å². The number of alkyl halides is 1. The van der Waals surface area contributed by atoms with Crippen LogP contribution in [0.1, 0.15) is 19.2 Å². The van der Waals surface area contributed by atoms with Gasteiger partial charge in [0.2, 0.25) is 0 Å². The number of aryl methyl sites for hydroxylation is 2. The zero-order valence-electron chi connectivity index (χ0n) is 10.4. The van der Waals surface area contributed by atoms with Crippen LogP contribution in [-0.2, 0) is 16.6 Å². The van der Waals surface area contributed by atoms with Crippen LogP contribution in [0.2, 0.25) is 0 Å². The van der Waals surface area contributed by atoms with Gasteiger partial charge in [0.25, 0.3) is 10.0 Å². The highest BCUT2D eigenvalue weighted by Crippen LogP contribution is 2.14. The fraction of sp³-hybridized carbons (Fsp3) is 0.700. The minimum atomic E-state index is -3.44. The number of aromatic nitrogens is 2. The molecule has 0 N–H and O–H groups in total. The zero-order chi connectivity index (χ0) is 13.1. The number of rotatable bonds is 6. The van der Waals surface area contributed by atoms with E-state index in [9.17, 15) is 8.42 Å². The molecular formula is C10H18BrN3O2S. The lowest BCUT2D eigenvalue weighted by Crippen LogP contribution is -2.28. The Balaban J connectivity index is 2.96. The number of sulfonamides is 1. The van der Waals surface area contributed by atoms with Gasteiger partial charge in [-0.25, -0.2) is 13.4 Å². The van der Waals surface area contributed by atoms with Crippen molar-refractivity contribution in [2.75, 3.05) is 18.9 Å². The van der Waals surface area contributed by atoms with Crippen molar-refractivity contribution in [3.8, 4) is 0 Å². The SMILES string of the molecule is CCn1cc(S(=O)(=O)N(C)CCCBr)nc1C.